The molecule has 6 nitrogen and oxygen atoms in total. The second kappa shape index (κ2) is 9.59. The molecule has 0 aromatic heterocycles. The van der Waals surface area contributed by atoms with Gasteiger partial charge >= 0.3 is 0 Å². The molecule has 0 atom stereocenters. The average Bonchev–Trinajstić information content (AvgIpc) is 2.56. The van der Waals surface area contributed by atoms with Gasteiger partial charge in [-0.2, -0.15) is 5.26 Å². The van der Waals surface area contributed by atoms with Crippen LogP contribution in [0.4, 0.5) is 5.69 Å². The van der Waals surface area contributed by atoms with E-state index in [2.05, 4.69) is 10.6 Å². The van der Waals surface area contributed by atoms with Gasteiger partial charge in [0.25, 0.3) is 5.91 Å². The summed E-state index contributed by atoms with van der Waals surface area (Å²) in [7, 11) is 2.99. The minimum absolute atomic E-state index is 0.0305. The Morgan fingerprint density at radius 2 is 2.04 bits per heavy atom. The predicted octanol–water partition coefficient (Wildman–Crippen LogP) is 3.09. The molecule has 0 bridgehead atoms. The third-order valence-corrected chi connectivity index (χ3v) is 3.32. The van der Waals surface area contributed by atoms with Gasteiger partial charge < -0.3 is 20.1 Å². The molecule has 0 radical (unpaired) electrons. The lowest BCUT2D eigenvalue weighted by molar-refractivity contribution is -0.117. The fourth-order valence-electron chi connectivity index (χ4n) is 1.75. The van der Waals surface area contributed by atoms with E-state index < -0.39 is 5.91 Å². The molecule has 7 heteroatoms. The zero-order valence-electron chi connectivity index (χ0n) is 13.4. The van der Waals surface area contributed by atoms with Gasteiger partial charge in [-0.15, -0.1) is 0 Å². The molecule has 0 unspecified atom stereocenters. The molecule has 23 heavy (non-hydrogen) atoms. The molecule has 0 fully saturated rings. The number of nitriles is 1. The molecule has 0 heterocycles. The van der Waals surface area contributed by atoms with E-state index in [1.54, 1.807) is 12.1 Å². The van der Waals surface area contributed by atoms with E-state index >= 15 is 0 Å². The average molecular weight is 338 g/mol. The maximum absolute atomic E-state index is 11.9. The molecule has 2 N–H and O–H groups in total. The van der Waals surface area contributed by atoms with Crippen molar-refractivity contribution >= 4 is 23.2 Å². The number of hydrogen-bond acceptors (Lipinski definition) is 5. The van der Waals surface area contributed by atoms with Crippen LogP contribution >= 0.6 is 11.6 Å². The quantitative estimate of drug-likeness (QED) is 0.432. The molecule has 1 aromatic rings. The molecule has 0 saturated heterocycles. The summed E-state index contributed by atoms with van der Waals surface area (Å²) >= 11 is 6.03. The van der Waals surface area contributed by atoms with Crippen LogP contribution < -0.4 is 20.1 Å². The lowest BCUT2D eigenvalue weighted by Gasteiger charge is -2.12. The zero-order chi connectivity index (χ0) is 17.2. The van der Waals surface area contributed by atoms with Crippen LogP contribution in [0.3, 0.4) is 0 Å². The number of benzene rings is 1. The van der Waals surface area contributed by atoms with Crippen molar-refractivity contribution in [1.82, 2.24) is 5.32 Å². The van der Waals surface area contributed by atoms with Crippen molar-refractivity contribution in [2.45, 2.75) is 19.8 Å². The van der Waals surface area contributed by atoms with Gasteiger partial charge in [-0.25, -0.2) is 0 Å². The van der Waals surface area contributed by atoms with E-state index in [1.165, 1.54) is 20.4 Å². The van der Waals surface area contributed by atoms with Crippen LogP contribution in [0.5, 0.6) is 11.5 Å². The summed E-state index contributed by atoms with van der Waals surface area (Å²) in [6.07, 6.45) is 3.15. The van der Waals surface area contributed by atoms with Gasteiger partial charge in [-0.3, -0.25) is 4.79 Å². The number of methoxy groups -OCH3 is 2. The smallest absolute Gasteiger partial charge is 0.263 e. The number of amides is 1. The number of hydrogen-bond donors (Lipinski definition) is 2. The number of carbonyl (C=O) groups is 1. The van der Waals surface area contributed by atoms with Crippen molar-refractivity contribution in [3.05, 3.63) is 28.9 Å². The summed E-state index contributed by atoms with van der Waals surface area (Å²) < 4.78 is 10.4. The minimum Gasteiger partial charge on any atom is -0.495 e. The molecule has 0 aliphatic carbocycles. The molecular formula is C16H20ClN3O3. The fraction of sp³-hybridized carbons (Fsp3) is 0.375. The first-order valence-corrected chi connectivity index (χ1v) is 7.51. The maximum atomic E-state index is 11.9. The number of rotatable bonds is 8. The van der Waals surface area contributed by atoms with Gasteiger partial charge in [0, 0.05) is 24.9 Å². The Balaban J connectivity index is 2.92. The number of ether oxygens (including phenoxy) is 2. The number of nitrogens with one attached hydrogen (secondary N) is 2. The molecule has 0 spiro atoms. The summed E-state index contributed by atoms with van der Waals surface area (Å²) in [5.41, 5.74) is 0.500. The second-order valence-corrected chi connectivity index (χ2v) is 5.02. The van der Waals surface area contributed by atoms with Gasteiger partial charge in [-0.1, -0.05) is 24.9 Å². The summed E-state index contributed by atoms with van der Waals surface area (Å²) in [5.74, 6) is 0.498. The monoisotopic (exact) mass is 337 g/mol. The normalized spacial score (nSPS) is 10.7. The Kier molecular flexibility index (Phi) is 7.78. The second-order valence-electron chi connectivity index (χ2n) is 4.61. The lowest BCUT2D eigenvalue weighted by Crippen LogP contribution is -2.25. The van der Waals surface area contributed by atoms with Crippen LogP contribution in [0.25, 0.3) is 0 Å². The van der Waals surface area contributed by atoms with E-state index in [9.17, 15) is 4.79 Å². The Hall–Kier alpha value is -2.39. The summed E-state index contributed by atoms with van der Waals surface area (Å²) in [6, 6.07) is 5.08. The SMILES string of the molecule is CCCCNC(=O)/C(C#N)=C\Nc1cc(OC)c(Cl)cc1OC. The third-order valence-electron chi connectivity index (χ3n) is 3.03. The summed E-state index contributed by atoms with van der Waals surface area (Å²) in [5, 5.41) is 15.1. The standard InChI is InChI=1S/C16H20ClN3O3/c1-4-5-6-19-16(21)11(9-18)10-20-13-8-14(22-2)12(17)7-15(13)23-3/h7-8,10,20H,4-6H2,1-3H3,(H,19,21)/b11-10-. The van der Waals surface area contributed by atoms with Gasteiger partial charge in [0.05, 0.1) is 24.9 Å². The van der Waals surface area contributed by atoms with Crippen LogP contribution in [-0.4, -0.2) is 26.7 Å². The largest absolute Gasteiger partial charge is 0.495 e. The van der Waals surface area contributed by atoms with Gasteiger partial charge in [0.15, 0.2) is 0 Å². The molecule has 1 aromatic carbocycles. The van der Waals surface area contributed by atoms with Crippen LogP contribution in [0.15, 0.2) is 23.9 Å². The van der Waals surface area contributed by atoms with Crippen LogP contribution in [0.2, 0.25) is 5.02 Å². The Morgan fingerprint density at radius 3 is 2.61 bits per heavy atom. The highest BCUT2D eigenvalue weighted by Crippen LogP contribution is 2.35. The summed E-state index contributed by atoms with van der Waals surface area (Å²) in [6.45, 7) is 2.56. The minimum atomic E-state index is -0.423. The van der Waals surface area contributed by atoms with Crippen molar-refractivity contribution in [3.8, 4) is 17.6 Å². The molecule has 124 valence electrons. The fourth-order valence-corrected chi connectivity index (χ4v) is 1.98. The first kappa shape index (κ1) is 18.7. The van der Waals surface area contributed by atoms with Crippen molar-refractivity contribution < 1.29 is 14.3 Å². The van der Waals surface area contributed by atoms with Crippen molar-refractivity contribution in [3.63, 3.8) is 0 Å². The van der Waals surface area contributed by atoms with Crippen LogP contribution in [0.1, 0.15) is 19.8 Å². The topological polar surface area (TPSA) is 83.4 Å². The molecule has 1 amide bonds. The van der Waals surface area contributed by atoms with Crippen molar-refractivity contribution in [2.75, 3.05) is 26.1 Å². The van der Waals surface area contributed by atoms with Crippen molar-refractivity contribution in [2.24, 2.45) is 0 Å². The third kappa shape index (κ3) is 5.38. The highest BCUT2D eigenvalue weighted by Gasteiger charge is 2.11. The molecular weight excluding hydrogens is 318 g/mol. The van der Waals surface area contributed by atoms with Crippen LogP contribution in [-0.2, 0) is 4.79 Å². The van der Waals surface area contributed by atoms with Gasteiger partial charge in [0.1, 0.15) is 23.1 Å². The van der Waals surface area contributed by atoms with Gasteiger partial charge in [0.2, 0.25) is 0 Å². The molecule has 0 saturated carbocycles. The van der Waals surface area contributed by atoms with E-state index in [-0.39, 0.29) is 5.57 Å². The number of unbranched alkanes of at least 4 members (excludes halogenated alkanes) is 1. The number of anilines is 1. The zero-order valence-corrected chi connectivity index (χ0v) is 14.2. The molecule has 1 rings (SSSR count). The van der Waals surface area contributed by atoms with E-state index in [1.807, 2.05) is 13.0 Å². The highest BCUT2D eigenvalue weighted by atomic mass is 35.5. The first-order chi connectivity index (χ1) is 11.1. The van der Waals surface area contributed by atoms with Gasteiger partial charge in [-0.05, 0) is 6.42 Å². The van der Waals surface area contributed by atoms with Crippen LogP contribution in [0, 0.1) is 11.3 Å². The Labute approximate surface area is 141 Å². The summed E-state index contributed by atoms with van der Waals surface area (Å²) in [4.78, 5) is 11.9. The lowest BCUT2D eigenvalue weighted by atomic mass is 10.2. The number of halogens is 1. The van der Waals surface area contributed by atoms with E-state index in [0.29, 0.717) is 28.8 Å². The molecule has 0 aliphatic rings. The Bertz CT molecular complexity index is 624. The van der Waals surface area contributed by atoms with Crippen molar-refractivity contribution in [1.29, 1.82) is 5.26 Å². The highest BCUT2D eigenvalue weighted by molar-refractivity contribution is 6.32. The number of carbonyl (C=O) groups excluding carboxylic acids is 1. The number of nitrogens with zero attached hydrogens (tertiary/aromatic N) is 1. The van der Waals surface area contributed by atoms with E-state index in [4.69, 9.17) is 26.3 Å². The maximum Gasteiger partial charge on any atom is 0.263 e. The van der Waals surface area contributed by atoms with E-state index in [0.717, 1.165) is 12.8 Å². The molecule has 0 aliphatic heterocycles. The first-order valence-electron chi connectivity index (χ1n) is 7.13. The predicted molar refractivity (Wildman–Crippen MR) is 89.8 cm³/mol. The Morgan fingerprint density at radius 1 is 1.35 bits per heavy atom.